The van der Waals surface area contributed by atoms with E-state index in [9.17, 15) is 13.2 Å². The van der Waals surface area contributed by atoms with Gasteiger partial charge in [0.15, 0.2) is 0 Å². The van der Waals surface area contributed by atoms with E-state index in [1.807, 2.05) is 0 Å². The molecule has 0 radical (unpaired) electrons. The summed E-state index contributed by atoms with van der Waals surface area (Å²) in [6.07, 6.45) is 3.19. The van der Waals surface area contributed by atoms with Gasteiger partial charge in [-0.3, -0.25) is 4.57 Å². The SMILES string of the molecule is Cn1ccn(-c2ccccc2CS(=O)(=O)Cl)c1=O. The van der Waals surface area contributed by atoms with Crippen LogP contribution in [0.4, 0.5) is 0 Å². The number of para-hydroxylation sites is 1. The highest BCUT2D eigenvalue weighted by molar-refractivity contribution is 8.13. The van der Waals surface area contributed by atoms with Crippen molar-refractivity contribution in [2.75, 3.05) is 0 Å². The van der Waals surface area contributed by atoms with Crippen LogP contribution in [0, 0.1) is 0 Å². The second-order valence-electron chi connectivity index (χ2n) is 3.87. The summed E-state index contributed by atoms with van der Waals surface area (Å²) in [5.74, 6) is -0.313. The summed E-state index contributed by atoms with van der Waals surface area (Å²) in [5, 5.41) is 0. The summed E-state index contributed by atoms with van der Waals surface area (Å²) in [6, 6.07) is 6.75. The van der Waals surface area contributed by atoms with Gasteiger partial charge in [0, 0.05) is 30.1 Å². The Kier molecular flexibility index (Phi) is 3.32. The largest absolute Gasteiger partial charge is 0.332 e. The molecule has 0 aliphatic carbocycles. The Hall–Kier alpha value is -1.53. The first-order chi connectivity index (χ1) is 8.38. The van der Waals surface area contributed by atoms with Gasteiger partial charge in [-0.25, -0.2) is 13.2 Å². The van der Waals surface area contributed by atoms with Crippen LogP contribution in [0.1, 0.15) is 5.56 Å². The highest BCUT2D eigenvalue weighted by Crippen LogP contribution is 2.17. The Bertz CT molecular complexity index is 731. The molecule has 0 spiro atoms. The van der Waals surface area contributed by atoms with Gasteiger partial charge in [0.1, 0.15) is 0 Å². The van der Waals surface area contributed by atoms with Gasteiger partial charge in [0.05, 0.1) is 11.4 Å². The van der Waals surface area contributed by atoms with Crippen LogP contribution in [0.5, 0.6) is 0 Å². The predicted octanol–water partition coefficient (Wildman–Crippen LogP) is 1.24. The van der Waals surface area contributed by atoms with Gasteiger partial charge in [-0.15, -0.1) is 0 Å². The number of benzene rings is 1. The Balaban J connectivity index is 2.59. The van der Waals surface area contributed by atoms with Crippen LogP contribution >= 0.6 is 10.7 Å². The maximum absolute atomic E-state index is 11.8. The minimum absolute atomic E-state index is 0.241. The number of nitrogens with zero attached hydrogens (tertiary/aromatic N) is 2. The third-order valence-electron chi connectivity index (χ3n) is 2.53. The monoisotopic (exact) mass is 286 g/mol. The summed E-state index contributed by atoms with van der Waals surface area (Å²) < 4.78 is 25.1. The van der Waals surface area contributed by atoms with Gasteiger partial charge >= 0.3 is 5.69 Å². The normalized spacial score (nSPS) is 11.7. The van der Waals surface area contributed by atoms with Crippen molar-refractivity contribution in [1.29, 1.82) is 0 Å². The van der Waals surface area contributed by atoms with E-state index in [4.69, 9.17) is 10.7 Å². The molecule has 0 aliphatic heterocycles. The minimum Gasteiger partial charge on any atom is -0.302 e. The van der Waals surface area contributed by atoms with Gasteiger partial charge in [-0.2, -0.15) is 0 Å². The number of aryl methyl sites for hydroxylation is 1. The fourth-order valence-electron chi connectivity index (χ4n) is 1.70. The average molecular weight is 287 g/mol. The van der Waals surface area contributed by atoms with Crippen molar-refractivity contribution in [2.24, 2.45) is 7.05 Å². The van der Waals surface area contributed by atoms with Crippen molar-refractivity contribution >= 4 is 19.7 Å². The number of rotatable bonds is 3. The van der Waals surface area contributed by atoms with Crippen LogP contribution in [0.3, 0.4) is 0 Å². The van der Waals surface area contributed by atoms with Gasteiger partial charge in [-0.05, 0) is 11.6 Å². The molecule has 0 atom stereocenters. The van der Waals surface area contributed by atoms with E-state index in [2.05, 4.69) is 0 Å². The number of hydrogen-bond acceptors (Lipinski definition) is 3. The molecule has 0 bridgehead atoms. The molecule has 1 aromatic heterocycles. The van der Waals surface area contributed by atoms with E-state index in [1.165, 1.54) is 9.13 Å². The molecular formula is C11H11ClN2O3S. The van der Waals surface area contributed by atoms with Crippen molar-refractivity contribution < 1.29 is 8.42 Å². The first-order valence-electron chi connectivity index (χ1n) is 5.13. The van der Waals surface area contributed by atoms with E-state index >= 15 is 0 Å². The lowest BCUT2D eigenvalue weighted by Crippen LogP contribution is -2.21. The number of aromatic nitrogens is 2. The molecule has 5 nitrogen and oxygen atoms in total. The molecule has 0 saturated heterocycles. The predicted molar refractivity (Wildman–Crippen MR) is 69.5 cm³/mol. The molecule has 2 rings (SSSR count). The van der Waals surface area contributed by atoms with Crippen molar-refractivity contribution in [3.8, 4) is 5.69 Å². The topological polar surface area (TPSA) is 61.1 Å². The molecule has 0 unspecified atom stereocenters. The van der Waals surface area contributed by atoms with Crippen molar-refractivity contribution in [2.45, 2.75) is 5.75 Å². The summed E-state index contributed by atoms with van der Waals surface area (Å²) in [4.78, 5) is 11.8. The first-order valence-corrected chi connectivity index (χ1v) is 7.61. The molecule has 1 aromatic carbocycles. The quantitative estimate of drug-likeness (QED) is 0.798. The molecule has 0 saturated carbocycles. The molecule has 0 aliphatic rings. The Morgan fingerprint density at radius 2 is 1.89 bits per heavy atom. The summed E-state index contributed by atoms with van der Waals surface area (Å²) >= 11 is 0. The second-order valence-corrected chi connectivity index (χ2v) is 6.65. The van der Waals surface area contributed by atoms with Crippen LogP contribution in [0.15, 0.2) is 41.5 Å². The molecule has 7 heteroatoms. The summed E-state index contributed by atoms with van der Waals surface area (Å²) in [7, 11) is 3.21. The van der Waals surface area contributed by atoms with Crippen LogP contribution in [-0.2, 0) is 21.9 Å². The van der Waals surface area contributed by atoms with E-state index in [1.54, 1.807) is 43.7 Å². The first kappa shape index (κ1) is 12.9. The Labute approximate surface area is 109 Å². The third kappa shape index (κ3) is 2.65. The van der Waals surface area contributed by atoms with Crippen LogP contribution in [-0.4, -0.2) is 17.6 Å². The molecule has 1 heterocycles. The standard InChI is InChI=1S/C11H11ClN2O3S/c1-13-6-7-14(11(13)15)10-5-3-2-4-9(10)8-18(12,16)17/h2-7H,8H2,1H3. The second kappa shape index (κ2) is 4.62. The lowest BCUT2D eigenvalue weighted by atomic mass is 10.2. The number of imidazole rings is 1. The van der Waals surface area contributed by atoms with Gasteiger partial charge in [0.2, 0.25) is 9.05 Å². The fourth-order valence-corrected chi connectivity index (χ4v) is 2.67. The zero-order valence-electron chi connectivity index (χ0n) is 9.58. The van der Waals surface area contributed by atoms with E-state index in [0.29, 0.717) is 11.3 Å². The zero-order valence-corrected chi connectivity index (χ0v) is 11.1. The zero-order chi connectivity index (χ0) is 13.3. The lowest BCUT2D eigenvalue weighted by Gasteiger charge is -2.07. The minimum atomic E-state index is -3.66. The van der Waals surface area contributed by atoms with Crippen LogP contribution < -0.4 is 5.69 Å². The molecule has 0 N–H and O–H groups in total. The van der Waals surface area contributed by atoms with Gasteiger partial charge in [-0.1, -0.05) is 18.2 Å². The van der Waals surface area contributed by atoms with Crippen molar-refractivity contribution in [3.63, 3.8) is 0 Å². The Morgan fingerprint density at radius 1 is 1.22 bits per heavy atom. The average Bonchev–Trinajstić information content (AvgIpc) is 2.59. The van der Waals surface area contributed by atoms with Gasteiger partial charge in [0.25, 0.3) is 0 Å². The molecule has 0 amide bonds. The number of hydrogen-bond donors (Lipinski definition) is 0. The smallest absolute Gasteiger partial charge is 0.302 e. The van der Waals surface area contributed by atoms with Gasteiger partial charge < -0.3 is 4.57 Å². The number of halogens is 1. The van der Waals surface area contributed by atoms with Crippen molar-refractivity contribution in [3.05, 3.63) is 52.7 Å². The molecule has 18 heavy (non-hydrogen) atoms. The van der Waals surface area contributed by atoms with Crippen LogP contribution in [0.25, 0.3) is 5.69 Å². The fraction of sp³-hybridized carbons (Fsp3) is 0.182. The molecular weight excluding hydrogens is 276 g/mol. The maximum atomic E-state index is 11.8. The molecule has 0 fully saturated rings. The highest BCUT2D eigenvalue weighted by atomic mass is 35.7. The lowest BCUT2D eigenvalue weighted by molar-refractivity contribution is 0.608. The maximum Gasteiger partial charge on any atom is 0.332 e. The Morgan fingerprint density at radius 3 is 2.44 bits per heavy atom. The van der Waals surface area contributed by atoms with E-state index in [-0.39, 0.29) is 11.4 Å². The van der Waals surface area contributed by atoms with Crippen LogP contribution in [0.2, 0.25) is 0 Å². The molecule has 96 valence electrons. The summed E-state index contributed by atoms with van der Waals surface area (Å²) in [5.41, 5.74) is 0.766. The van der Waals surface area contributed by atoms with Crippen molar-refractivity contribution in [1.82, 2.24) is 9.13 Å². The highest BCUT2D eigenvalue weighted by Gasteiger charge is 2.13. The van der Waals surface area contributed by atoms with E-state index in [0.717, 1.165) is 0 Å². The third-order valence-corrected chi connectivity index (χ3v) is 3.51. The molecule has 2 aromatic rings. The summed E-state index contributed by atoms with van der Waals surface area (Å²) in [6.45, 7) is 0. The van der Waals surface area contributed by atoms with E-state index < -0.39 is 9.05 Å².